The molecule has 0 radical (unpaired) electrons. The highest BCUT2D eigenvalue weighted by Gasteiger charge is 2.08. The quantitative estimate of drug-likeness (QED) is 0.263. The molecule has 1 N–H and O–H groups in total. The van der Waals surface area contributed by atoms with Crippen LogP contribution in [-0.4, -0.2) is 11.8 Å². The smallest absolute Gasteiger partial charge is 0.252 e. The summed E-state index contributed by atoms with van der Waals surface area (Å²) in [6.45, 7) is 7.99. The molecule has 0 aliphatic carbocycles. The molecule has 0 amide bonds. The Morgan fingerprint density at radius 3 is 1.73 bits per heavy atom. The molecule has 1 rings (SSSR count). The zero-order chi connectivity index (χ0) is 19.3. The number of hydrogen-bond acceptors (Lipinski definition) is 2. The second kappa shape index (κ2) is 13.2. The van der Waals surface area contributed by atoms with Crippen LogP contribution in [-0.2, 0) is 0 Å². The van der Waals surface area contributed by atoms with E-state index in [1.165, 1.54) is 70.6 Å². The summed E-state index contributed by atoms with van der Waals surface area (Å²) < 4.78 is 0. The van der Waals surface area contributed by atoms with Gasteiger partial charge in [-0.3, -0.25) is 4.79 Å². The van der Waals surface area contributed by atoms with Gasteiger partial charge in [0.2, 0.25) is 0 Å². The molecule has 0 spiro atoms. The predicted molar refractivity (Wildman–Crippen MR) is 115 cm³/mol. The summed E-state index contributed by atoms with van der Waals surface area (Å²) in [5, 5.41) is 3.00. The molecule has 0 atom stereocenters. The van der Waals surface area contributed by atoms with Crippen LogP contribution in [0.5, 0.6) is 0 Å². The topological polar surface area (TPSA) is 29.1 Å². The standard InChI is InChI=1S/C23H38ClNO/c1-23(2,3)18-12-10-8-6-4-5-7-9-11-13-19-25-21-16-14-20(15-17-21)22(24)26/h14-17,25H,4-13,18-19H2,1-3H3. The normalized spacial score (nSPS) is 11.5. The highest BCUT2D eigenvalue weighted by molar-refractivity contribution is 6.67. The highest BCUT2D eigenvalue weighted by atomic mass is 35.5. The van der Waals surface area contributed by atoms with Gasteiger partial charge in [0.05, 0.1) is 0 Å². The van der Waals surface area contributed by atoms with E-state index in [0.29, 0.717) is 11.0 Å². The highest BCUT2D eigenvalue weighted by Crippen LogP contribution is 2.22. The van der Waals surface area contributed by atoms with Crippen molar-refractivity contribution >= 4 is 22.5 Å². The number of carbonyl (C=O) groups excluding carboxylic acids is 1. The molecule has 0 fully saturated rings. The van der Waals surface area contributed by atoms with Gasteiger partial charge in [-0.2, -0.15) is 0 Å². The molecule has 0 saturated heterocycles. The summed E-state index contributed by atoms with van der Waals surface area (Å²) in [6.07, 6.45) is 15.0. The maximum Gasteiger partial charge on any atom is 0.252 e. The van der Waals surface area contributed by atoms with Gasteiger partial charge in [0, 0.05) is 17.8 Å². The number of nitrogens with one attached hydrogen (secondary N) is 1. The first-order valence-electron chi connectivity index (χ1n) is 10.4. The van der Waals surface area contributed by atoms with Crippen molar-refractivity contribution in [3.63, 3.8) is 0 Å². The number of benzene rings is 1. The molecule has 148 valence electrons. The lowest BCUT2D eigenvalue weighted by Crippen LogP contribution is -2.03. The third kappa shape index (κ3) is 12.4. The van der Waals surface area contributed by atoms with Crippen LogP contribution < -0.4 is 5.32 Å². The van der Waals surface area contributed by atoms with E-state index in [2.05, 4.69) is 26.1 Å². The first-order valence-corrected chi connectivity index (χ1v) is 10.8. The molecule has 0 aromatic heterocycles. The first-order chi connectivity index (χ1) is 12.4. The summed E-state index contributed by atoms with van der Waals surface area (Å²) in [7, 11) is 0. The minimum Gasteiger partial charge on any atom is -0.385 e. The van der Waals surface area contributed by atoms with Crippen LogP contribution >= 0.6 is 11.6 Å². The third-order valence-corrected chi connectivity index (χ3v) is 5.01. The monoisotopic (exact) mass is 379 g/mol. The molecule has 0 unspecified atom stereocenters. The SMILES string of the molecule is CC(C)(C)CCCCCCCCCCCCNc1ccc(C(=O)Cl)cc1. The van der Waals surface area contributed by atoms with Gasteiger partial charge < -0.3 is 5.32 Å². The van der Waals surface area contributed by atoms with Gasteiger partial charge in [0.25, 0.3) is 5.24 Å². The fourth-order valence-electron chi connectivity index (χ4n) is 3.15. The van der Waals surface area contributed by atoms with E-state index in [4.69, 9.17) is 11.6 Å². The average Bonchev–Trinajstić information content (AvgIpc) is 2.58. The molecule has 0 saturated carbocycles. The Bertz CT molecular complexity index is 490. The van der Waals surface area contributed by atoms with Crippen molar-refractivity contribution in [1.29, 1.82) is 0 Å². The van der Waals surface area contributed by atoms with Crippen LogP contribution in [0.2, 0.25) is 0 Å². The Morgan fingerprint density at radius 1 is 0.808 bits per heavy atom. The number of carbonyl (C=O) groups is 1. The zero-order valence-corrected chi connectivity index (χ0v) is 17.8. The van der Waals surface area contributed by atoms with Crippen LogP contribution in [0, 0.1) is 5.41 Å². The Labute approximate surface area is 166 Å². The summed E-state index contributed by atoms with van der Waals surface area (Å²) in [5.74, 6) is 0. The van der Waals surface area contributed by atoms with E-state index < -0.39 is 5.24 Å². The Kier molecular flexibility index (Phi) is 11.7. The van der Waals surface area contributed by atoms with Crippen molar-refractivity contribution in [2.45, 2.75) is 91.4 Å². The summed E-state index contributed by atoms with van der Waals surface area (Å²) in [4.78, 5) is 11.0. The predicted octanol–water partition coefficient (Wildman–Crippen LogP) is 7.81. The van der Waals surface area contributed by atoms with Gasteiger partial charge in [-0.1, -0.05) is 78.6 Å². The molecule has 1 aromatic rings. The zero-order valence-electron chi connectivity index (χ0n) is 17.1. The van der Waals surface area contributed by atoms with Crippen LogP contribution in [0.3, 0.4) is 0 Å². The van der Waals surface area contributed by atoms with E-state index in [1.54, 1.807) is 12.1 Å². The Hall–Kier alpha value is -1.02. The number of hydrogen-bond donors (Lipinski definition) is 1. The van der Waals surface area contributed by atoms with Crippen molar-refractivity contribution < 1.29 is 4.79 Å². The number of rotatable bonds is 14. The fourth-order valence-corrected chi connectivity index (χ4v) is 3.27. The van der Waals surface area contributed by atoms with Gasteiger partial charge in [-0.15, -0.1) is 0 Å². The molecule has 26 heavy (non-hydrogen) atoms. The first kappa shape index (κ1) is 23.0. The van der Waals surface area contributed by atoms with Gasteiger partial charge in [-0.05, 0) is 54.1 Å². The lowest BCUT2D eigenvalue weighted by Gasteiger charge is -2.17. The van der Waals surface area contributed by atoms with E-state index in [0.717, 1.165) is 12.2 Å². The molecule has 2 nitrogen and oxygen atoms in total. The average molecular weight is 380 g/mol. The minimum atomic E-state index is -0.401. The fraction of sp³-hybridized carbons (Fsp3) is 0.696. The largest absolute Gasteiger partial charge is 0.385 e. The van der Waals surface area contributed by atoms with E-state index >= 15 is 0 Å². The molecule has 0 bridgehead atoms. The second-order valence-electron chi connectivity index (χ2n) is 8.62. The Balaban J connectivity index is 1.87. The lowest BCUT2D eigenvalue weighted by molar-refractivity contribution is 0.108. The van der Waals surface area contributed by atoms with Gasteiger partial charge in [-0.25, -0.2) is 0 Å². The van der Waals surface area contributed by atoms with Crippen molar-refractivity contribution in [3.05, 3.63) is 29.8 Å². The molecular formula is C23H38ClNO. The Morgan fingerprint density at radius 2 is 1.27 bits per heavy atom. The summed E-state index contributed by atoms with van der Waals surface area (Å²) in [5.41, 5.74) is 2.10. The van der Waals surface area contributed by atoms with Crippen LogP contribution in [0.1, 0.15) is 102 Å². The maximum absolute atomic E-state index is 11.0. The van der Waals surface area contributed by atoms with Gasteiger partial charge >= 0.3 is 0 Å². The molecule has 0 heterocycles. The molecule has 0 aliphatic rings. The number of halogens is 1. The molecular weight excluding hydrogens is 342 g/mol. The minimum absolute atomic E-state index is 0.401. The second-order valence-corrected chi connectivity index (χ2v) is 8.97. The van der Waals surface area contributed by atoms with Crippen molar-refractivity contribution in [3.8, 4) is 0 Å². The summed E-state index contributed by atoms with van der Waals surface area (Å²) >= 11 is 5.44. The van der Waals surface area contributed by atoms with Crippen molar-refractivity contribution in [2.24, 2.45) is 5.41 Å². The van der Waals surface area contributed by atoms with E-state index in [1.807, 2.05) is 12.1 Å². The molecule has 3 heteroatoms. The third-order valence-electron chi connectivity index (χ3n) is 4.79. The molecule has 0 aliphatic heterocycles. The van der Waals surface area contributed by atoms with Crippen LogP contribution in [0.15, 0.2) is 24.3 Å². The van der Waals surface area contributed by atoms with Crippen molar-refractivity contribution in [2.75, 3.05) is 11.9 Å². The molecule has 1 aromatic carbocycles. The number of anilines is 1. The summed E-state index contributed by atoms with van der Waals surface area (Å²) in [6, 6.07) is 7.36. The van der Waals surface area contributed by atoms with E-state index in [9.17, 15) is 4.79 Å². The van der Waals surface area contributed by atoms with Gasteiger partial charge in [0.15, 0.2) is 0 Å². The lowest BCUT2D eigenvalue weighted by atomic mass is 9.89. The number of unbranched alkanes of at least 4 members (excludes halogenated alkanes) is 9. The van der Waals surface area contributed by atoms with Crippen molar-refractivity contribution in [1.82, 2.24) is 0 Å². The maximum atomic E-state index is 11.0. The van der Waals surface area contributed by atoms with Crippen LogP contribution in [0.4, 0.5) is 5.69 Å². The van der Waals surface area contributed by atoms with E-state index in [-0.39, 0.29) is 0 Å². The van der Waals surface area contributed by atoms with Crippen LogP contribution in [0.25, 0.3) is 0 Å². The van der Waals surface area contributed by atoms with Gasteiger partial charge in [0.1, 0.15) is 0 Å².